The monoisotopic (exact) mass is 466 g/mol. The molecule has 0 saturated carbocycles. The first-order valence-corrected chi connectivity index (χ1v) is 12.2. The van der Waals surface area contributed by atoms with Crippen LogP contribution in [0.2, 0.25) is 0 Å². The summed E-state index contributed by atoms with van der Waals surface area (Å²) in [6.45, 7) is 7.98. The van der Waals surface area contributed by atoms with Crippen molar-refractivity contribution in [3.8, 4) is 5.75 Å². The zero-order valence-electron chi connectivity index (χ0n) is 19.5. The van der Waals surface area contributed by atoms with E-state index in [4.69, 9.17) is 4.74 Å². The number of ether oxygens (including phenoxy) is 1. The Morgan fingerprint density at radius 2 is 1.42 bits per heavy atom. The number of sulfonamides is 1. The fourth-order valence-corrected chi connectivity index (χ4v) is 4.69. The molecule has 0 aliphatic rings. The zero-order valence-corrected chi connectivity index (χ0v) is 20.3. The third-order valence-electron chi connectivity index (χ3n) is 5.24. The number of carbonyl (C=O) groups excluding carboxylic acids is 1. The summed E-state index contributed by atoms with van der Waals surface area (Å²) in [6, 6.07) is 19.6. The lowest BCUT2D eigenvalue weighted by atomic mass is 10.1. The van der Waals surface area contributed by atoms with Crippen molar-refractivity contribution in [1.82, 2.24) is 5.32 Å². The predicted octanol–water partition coefficient (Wildman–Crippen LogP) is 4.31. The van der Waals surface area contributed by atoms with Crippen LogP contribution in [0.1, 0.15) is 22.3 Å². The van der Waals surface area contributed by atoms with Gasteiger partial charge in [-0.15, -0.1) is 0 Å². The van der Waals surface area contributed by atoms with E-state index in [1.165, 1.54) is 0 Å². The molecule has 7 heteroatoms. The van der Waals surface area contributed by atoms with Gasteiger partial charge in [0.15, 0.2) is 0 Å². The molecular formula is C26H30N2O4S. The molecule has 1 amide bonds. The summed E-state index contributed by atoms with van der Waals surface area (Å²) in [6.07, 6.45) is 0. The maximum absolute atomic E-state index is 13.4. The molecule has 0 heterocycles. The molecule has 0 radical (unpaired) electrons. The van der Waals surface area contributed by atoms with Crippen LogP contribution in [-0.2, 0) is 14.8 Å². The molecule has 0 saturated heterocycles. The van der Waals surface area contributed by atoms with Gasteiger partial charge in [-0.05, 0) is 69.2 Å². The summed E-state index contributed by atoms with van der Waals surface area (Å²) in [5.41, 5.74) is 4.50. The maximum Gasteiger partial charge on any atom is 0.264 e. The average molecular weight is 467 g/mol. The number of nitrogens with zero attached hydrogens (tertiary/aromatic N) is 1. The van der Waals surface area contributed by atoms with E-state index >= 15 is 0 Å². The second-order valence-electron chi connectivity index (χ2n) is 8.13. The molecule has 0 bridgehead atoms. The van der Waals surface area contributed by atoms with Gasteiger partial charge in [-0.3, -0.25) is 9.10 Å². The second kappa shape index (κ2) is 10.5. The van der Waals surface area contributed by atoms with Crippen LogP contribution in [-0.4, -0.2) is 34.0 Å². The van der Waals surface area contributed by atoms with E-state index in [1.54, 1.807) is 36.4 Å². The molecule has 6 nitrogen and oxygen atoms in total. The van der Waals surface area contributed by atoms with Crippen molar-refractivity contribution in [3.05, 3.63) is 89.0 Å². The molecular weight excluding hydrogens is 436 g/mol. The summed E-state index contributed by atoms with van der Waals surface area (Å²) >= 11 is 0. The van der Waals surface area contributed by atoms with Crippen molar-refractivity contribution in [1.29, 1.82) is 0 Å². The first-order chi connectivity index (χ1) is 15.7. The first kappa shape index (κ1) is 24.3. The van der Waals surface area contributed by atoms with Crippen molar-refractivity contribution in [2.24, 2.45) is 0 Å². The van der Waals surface area contributed by atoms with E-state index < -0.39 is 15.9 Å². The van der Waals surface area contributed by atoms with Gasteiger partial charge in [0, 0.05) is 0 Å². The number of benzene rings is 3. The van der Waals surface area contributed by atoms with Crippen molar-refractivity contribution in [3.63, 3.8) is 0 Å². The van der Waals surface area contributed by atoms with Gasteiger partial charge < -0.3 is 10.1 Å². The van der Waals surface area contributed by atoms with E-state index in [2.05, 4.69) is 5.32 Å². The van der Waals surface area contributed by atoms with Gasteiger partial charge in [0.25, 0.3) is 10.0 Å². The van der Waals surface area contributed by atoms with Crippen molar-refractivity contribution < 1.29 is 17.9 Å². The highest BCUT2D eigenvalue weighted by Crippen LogP contribution is 2.24. The van der Waals surface area contributed by atoms with Crippen molar-refractivity contribution >= 4 is 21.6 Å². The molecule has 0 fully saturated rings. The lowest BCUT2D eigenvalue weighted by Crippen LogP contribution is -2.41. The molecule has 0 aliphatic heterocycles. The topological polar surface area (TPSA) is 75.7 Å². The molecule has 0 aliphatic carbocycles. The molecule has 0 aromatic heterocycles. The number of anilines is 1. The highest BCUT2D eigenvalue weighted by Gasteiger charge is 2.27. The molecule has 174 valence electrons. The average Bonchev–Trinajstić information content (AvgIpc) is 2.78. The molecule has 0 unspecified atom stereocenters. The van der Waals surface area contributed by atoms with Crippen LogP contribution in [0.15, 0.2) is 71.6 Å². The third kappa shape index (κ3) is 6.35. The number of aryl methyl sites for hydroxylation is 4. The fraction of sp³-hybridized carbons (Fsp3) is 0.269. The van der Waals surface area contributed by atoms with Gasteiger partial charge in [0.2, 0.25) is 5.91 Å². The van der Waals surface area contributed by atoms with Gasteiger partial charge >= 0.3 is 0 Å². The van der Waals surface area contributed by atoms with Crippen LogP contribution in [0.25, 0.3) is 0 Å². The highest BCUT2D eigenvalue weighted by molar-refractivity contribution is 7.92. The Bertz CT molecular complexity index is 1200. The van der Waals surface area contributed by atoms with E-state index in [9.17, 15) is 13.2 Å². The Hall–Kier alpha value is -3.32. The van der Waals surface area contributed by atoms with Gasteiger partial charge in [0.05, 0.1) is 17.1 Å². The Labute approximate surface area is 196 Å². The molecule has 3 aromatic rings. The Morgan fingerprint density at radius 1 is 0.848 bits per heavy atom. The molecule has 33 heavy (non-hydrogen) atoms. The van der Waals surface area contributed by atoms with Crippen LogP contribution in [0.3, 0.4) is 0 Å². The van der Waals surface area contributed by atoms with Gasteiger partial charge in [0.1, 0.15) is 18.9 Å². The summed E-state index contributed by atoms with van der Waals surface area (Å²) in [5.74, 6) is 0.364. The Balaban J connectivity index is 1.70. The Morgan fingerprint density at radius 3 is 2.06 bits per heavy atom. The van der Waals surface area contributed by atoms with Crippen LogP contribution >= 0.6 is 0 Å². The first-order valence-electron chi connectivity index (χ1n) is 10.8. The largest absolute Gasteiger partial charge is 0.491 e. The number of amides is 1. The predicted molar refractivity (Wildman–Crippen MR) is 131 cm³/mol. The van der Waals surface area contributed by atoms with Gasteiger partial charge in [-0.25, -0.2) is 8.42 Å². The number of nitrogens with one attached hydrogen (secondary N) is 1. The lowest BCUT2D eigenvalue weighted by Gasteiger charge is -2.24. The minimum absolute atomic E-state index is 0.139. The minimum atomic E-state index is -3.92. The summed E-state index contributed by atoms with van der Waals surface area (Å²) in [4.78, 5) is 12.8. The minimum Gasteiger partial charge on any atom is -0.491 e. The smallest absolute Gasteiger partial charge is 0.264 e. The Kier molecular flexibility index (Phi) is 7.76. The SMILES string of the molecule is Cc1ccc(N(CC(=O)NCCOc2cc(C)ccc2C)S(=O)(=O)c2ccc(C)cc2)cc1. The number of rotatable bonds is 9. The van der Waals surface area contributed by atoms with Crippen molar-refractivity contribution in [2.75, 3.05) is 24.0 Å². The molecule has 1 N–H and O–H groups in total. The summed E-state index contributed by atoms with van der Waals surface area (Å²) in [7, 11) is -3.92. The van der Waals surface area contributed by atoms with Crippen LogP contribution in [0, 0.1) is 27.7 Å². The third-order valence-corrected chi connectivity index (χ3v) is 7.03. The maximum atomic E-state index is 13.4. The summed E-state index contributed by atoms with van der Waals surface area (Å²) in [5, 5.41) is 2.76. The quantitative estimate of drug-likeness (QED) is 0.477. The molecule has 0 atom stereocenters. The van der Waals surface area contributed by atoms with E-state index in [-0.39, 0.29) is 24.6 Å². The van der Waals surface area contributed by atoms with Crippen LogP contribution < -0.4 is 14.4 Å². The van der Waals surface area contributed by atoms with E-state index in [0.717, 1.165) is 32.3 Å². The van der Waals surface area contributed by atoms with E-state index in [1.807, 2.05) is 58.0 Å². The highest BCUT2D eigenvalue weighted by atomic mass is 32.2. The second-order valence-corrected chi connectivity index (χ2v) is 9.99. The standard InChI is InChI=1S/C26H30N2O4S/c1-19-6-11-23(12-7-19)28(33(30,31)24-13-8-20(2)9-14-24)18-26(29)27-15-16-32-25-17-21(3)5-10-22(25)4/h5-14,17H,15-16,18H2,1-4H3,(H,27,29). The normalized spacial score (nSPS) is 11.2. The summed E-state index contributed by atoms with van der Waals surface area (Å²) < 4.78 is 33.6. The number of hydrogen-bond acceptors (Lipinski definition) is 4. The van der Waals surface area contributed by atoms with Crippen LogP contribution in [0.4, 0.5) is 5.69 Å². The molecule has 3 aromatic carbocycles. The van der Waals surface area contributed by atoms with Crippen LogP contribution in [0.5, 0.6) is 5.75 Å². The van der Waals surface area contributed by atoms with Gasteiger partial charge in [-0.2, -0.15) is 0 Å². The molecule has 0 spiro atoms. The zero-order chi connectivity index (χ0) is 24.0. The fourth-order valence-electron chi connectivity index (χ4n) is 3.26. The number of carbonyl (C=O) groups is 1. The number of hydrogen-bond donors (Lipinski definition) is 1. The van der Waals surface area contributed by atoms with E-state index in [0.29, 0.717) is 5.69 Å². The molecule has 3 rings (SSSR count). The van der Waals surface area contributed by atoms with Gasteiger partial charge in [-0.1, -0.05) is 47.5 Å². The lowest BCUT2D eigenvalue weighted by molar-refractivity contribution is -0.119. The van der Waals surface area contributed by atoms with Crippen molar-refractivity contribution in [2.45, 2.75) is 32.6 Å².